The zero-order valence-corrected chi connectivity index (χ0v) is 14.0. The molecule has 0 bridgehead atoms. The standard InChI is InChI=1S/C19H21NO4/c1-13-8-7-9-14(2)18(13)23-12-17(21)24-15(3)19(22)20-16-10-5-4-6-11-16/h4-11,15H,12H2,1-3H3,(H,20,22)/t15-/m0/s1. The average molecular weight is 327 g/mol. The van der Waals surface area contributed by atoms with Crippen molar-refractivity contribution in [3.05, 3.63) is 59.7 Å². The van der Waals surface area contributed by atoms with E-state index in [9.17, 15) is 9.59 Å². The van der Waals surface area contributed by atoms with Crippen LogP contribution in [0.4, 0.5) is 5.69 Å². The van der Waals surface area contributed by atoms with Crippen LogP contribution in [0.3, 0.4) is 0 Å². The smallest absolute Gasteiger partial charge is 0.344 e. The highest BCUT2D eigenvalue weighted by Crippen LogP contribution is 2.22. The van der Waals surface area contributed by atoms with Crippen LogP contribution in [0.25, 0.3) is 0 Å². The molecule has 0 heterocycles. The maximum Gasteiger partial charge on any atom is 0.344 e. The van der Waals surface area contributed by atoms with Gasteiger partial charge in [-0.2, -0.15) is 0 Å². The van der Waals surface area contributed by atoms with Crippen molar-refractivity contribution in [2.75, 3.05) is 11.9 Å². The predicted octanol–water partition coefficient (Wildman–Crippen LogP) is 3.25. The fourth-order valence-corrected chi connectivity index (χ4v) is 2.21. The molecule has 24 heavy (non-hydrogen) atoms. The average Bonchev–Trinajstić information content (AvgIpc) is 2.55. The zero-order chi connectivity index (χ0) is 17.5. The first-order valence-electron chi connectivity index (χ1n) is 7.72. The van der Waals surface area contributed by atoms with Gasteiger partial charge in [0.15, 0.2) is 12.7 Å². The lowest BCUT2D eigenvalue weighted by molar-refractivity contribution is -0.155. The number of aryl methyl sites for hydroxylation is 2. The van der Waals surface area contributed by atoms with Gasteiger partial charge in [0, 0.05) is 5.69 Å². The molecule has 2 aromatic rings. The highest BCUT2D eigenvalue weighted by Gasteiger charge is 2.18. The van der Waals surface area contributed by atoms with E-state index in [0.717, 1.165) is 11.1 Å². The van der Waals surface area contributed by atoms with E-state index in [1.54, 1.807) is 12.1 Å². The Morgan fingerprint density at radius 2 is 1.62 bits per heavy atom. The molecule has 5 nitrogen and oxygen atoms in total. The van der Waals surface area contributed by atoms with E-state index in [-0.39, 0.29) is 12.5 Å². The molecule has 0 saturated heterocycles. The maximum absolute atomic E-state index is 12.0. The molecule has 0 spiro atoms. The molecule has 0 aromatic heterocycles. The number of anilines is 1. The summed E-state index contributed by atoms with van der Waals surface area (Å²) in [5.74, 6) is -0.314. The number of ether oxygens (including phenoxy) is 2. The summed E-state index contributed by atoms with van der Waals surface area (Å²) in [4.78, 5) is 23.9. The second-order valence-corrected chi connectivity index (χ2v) is 5.50. The number of hydrogen-bond donors (Lipinski definition) is 1. The minimum atomic E-state index is -0.903. The Kier molecular flexibility index (Phi) is 5.95. The molecule has 126 valence electrons. The molecule has 0 radical (unpaired) electrons. The molecule has 1 N–H and O–H groups in total. The van der Waals surface area contributed by atoms with Crippen molar-refractivity contribution in [2.24, 2.45) is 0 Å². The highest BCUT2D eigenvalue weighted by molar-refractivity contribution is 5.95. The summed E-state index contributed by atoms with van der Waals surface area (Å²) in [6, 6.07) is 14.7. The van der Waals surface area contributed by atoms with E-state index in [4.69, 9.17) is 9.47 Å². The van der Waals surface area contributed by atoms with Gasteiger partial charge in [-0.3, -0.25) is 4.79 Å². The molecule has 0 saturated carbocycles. The van der Waals surface area contributed by atoms with E-state index in [0.29, 0.717) is 11.4 Å². The largest absolute Gasteiger partial charge is 0.481 e. The summed E-state index contributed by atoms with van der Waals surface area (Å²) in [7, 11) is 0. The Morgan fingerprint density at radius 3 is 2.25 bits per heavy atom. The van der Waals surface area contributed by atoms with Crippen LogP contribution in [0.1, 0.15) is 18.1 Å². The number of esters is 1. The van der Waals surface area contributed by atoms with Crippen LogP contribution in [0.15, 0.2) is 48.5 Å². The Hall–Kier alpha value is -2.82. The normalized spacial score (nSPS) is 11.5. The van der Waals surface area contributed by atoms with Gasteiger partial charge in [-0.1, -0.05) is 36.4 Å². The third-order valence-electron chi connectivity index (χ3n) is 3.46. The lowest BCUT2D eigenvalue weighted by Gasteiger charge is -2.15. The zero-order valence-electron chi connectivity index (χ0n) is 14.0. The van der Waals surface area contributed by atoms with Crippen molar-refractivity contribution in [3.8, 4) is 5.75 Å². The van der Waals surface area contributed by atoms with Crippen molar-refractivity contribution in [3.63, 3.8) is 0 Å². The summed E-state index contributed by atoms with van der Waals surface area (Å²) in [5.41, 5.74) is 2.53. The van der Waals surface area contributed by atoms with E-state index in [2.05, 4.69) is 5.32 Å². The van der Waals surface area contributed by atoms with Crippen LogP contribution in [-0.4, -0.2) is 24.6 Å². The van der Waals surface area contributed by atoms with Crippen molar-refractivity contribution in [1.82, 2.24) is 0 Å². The lowest BCUT2D eigenvalue weighted by Crippen LogP contribution is -2.31. The topological polar surface area (TPSA) is 64.6 Å². The number of amides is 1. The van der Waals surface area contributed by atoms with Crippen LogP contribution in [0.5, 0.6) is 5.75 Å². The molecule has 1 amide bonds. The number of carbonyl (C=O) groups excluding carboxylic acids is 2. The van der Waals surface area contributed by atoms with Crippen LogP contribution >= 0.6 is 0 Å². The molecule has 0 aliphatic rings. The van der Waals surface area contributed by atoms with Gasteiger partial charge in [0.1, 0.15) is 5.75 Å². The minimum Gasteiger partial charge on any atom is -0.481 e. The Balaban J connectivity index is 1.84. The Morgan fingerprint density at radius 1 is 1.00 bits per heavy atom. The van der Waals surface area contributed by atoms with E-state index < -0.39 is 12.1 Å². The maximum atomic E-state index is 12.0. The number of hydrogen-bond acceptors (Lipinski definition) is 4. The number of rotatable bonds is 6. The van der Waals surface area contributed by atoms with Gasteiger partial charge in [-0.25, -0.2) is 4.79 Å². The van der Waals surface area contributed by atoms with Gasteiger partial charge < -0.3 is 14.8 Å². The lowest BCUT2D eigenvalue weighted by atomic mass is 10.1. The molecule has 0 fully saturated rings. The van der Waals surface area contributed by atoms with Gasteiger partial charge in [0.05, 0.1) is 0 Å². The third-order valence-corrected chi connectivity index (χ3v) is 3.46. The summed E-state index contributed by atoms with van der Waals surface area (Å²) >= 11 is 0. The molecule has 5 heteroatoms. The SMILES string of the molecule is Cc1cccc(C)c1OCC(=O)O[C@@H](C)C(=O)Nc1ccccc1. The molecule has 0 aliphatic heterocycles. The molecular weight excluding hydrogens is 306 g/mol. The number of nitrogens with one attached hydrogen (secondary N) is 1. The molecule has 0 aliphatic carbocycles. The minimum absolute atomic E-state index is 0.241. The monoisotopic (exact) mass is 327 g/mol. The summed E-state index contributed by atoms with van der Waals surface area (Å²) in [6.45, 7) is 5.09. The molecule has 2 aromatic carbocycles. The van der Waals surface area contributed by atoms with Gasteiger partial charge in [-0.15, -0.1) is 0 Å². The molecule has 2 rings (SSSR count). The molecular formula is C19H21NO4. The van der Waals surface area contributed by atoms with Crippen LogP contribution in [0, 0.1) is 13.8 Å². The van der Waals surface area contributed by atoms with E-state index in [1.807, 2.05) is 50.2 Å². The van der Waals surface area contributed by atoms with Gasteiger partial charge in [0.25, 0.3) is 5.91 Å². The molecule has 1 atom stereocenters. The van der Waals surface area contributed by atoms with Crippen molar-refractivity contribution < 1.29 is 19.1 Å². The van der Waals surface area contributed by atoms with Crippen LogP contribution in [-0.2, 0) is 14.3 Å². The third kappa shape index (κ3) is 4.84. The quantitative estimate of drug-likeness (QED) is 0.827. The Labute approximate surface area is 141 Å². The Bertz CT molecular complexity index is 692. The highest BCUT2D eigenvalue weighted by atomic mass is 16.6. The van der Waals surface area contributed by atoms with Crippen molar-refractivity contribution >= 4 is 17.6 Å². The van der Waals surface area contributed by atoms with Gasteiger partial charge in [-0.05, 0) is 44.0 Å². The second kappa shape index (κ2) is 8.15. The first-order valence-corrected chi connectivity index (χ1v) is 7.72. The fourth-order valence-electron chi connectivity index (χ4n) is 2.21. The number of carbonyl (C=O) groups is 2. The predicted molar refractivity (Wildman–Crippen MR) is 92.0 cm³/mol. The summed E-state index contributed by atoms with van der Waals surface area (Å²) in [6.07, 6.45) is -0.903. The summed E-state index contributed by atoms with van der Waals surface area (Å²) in [5, 5.41) is 2.68. The number of para-hydroxylation sites is 2. The van der Waals surface area contributed by atoms with Crippen molar-refractivity contribution in [2.45, 2.75) is 26.9 Å². The summed E-state index contributed by atoms with van der Waals surface area (Å²) < 4.78 is 10.6. The van der Waals surface area contributed by atoms with E-state index >= 15 is 0 Å². The first-order chi connectivity index (χ1) is 11.5. The van der Waals surface area contributed by atoms with E-state index in [1.165, 1.54) is 6.92 Å². The van der Waals surface area contributed by atoms with Crippen LogP contribution in [0.2, 0.25) is 0 Å². The second-order valence-electron chi connectivity index (χ2n) is 5.50. The van der Waals surface area contributed by atoms with Gasteiger partial charge >= 0.3 is 5.97 Å². The van der Waals surface area contributed by atoms with Crippen molar-refractivity contribution in [1.29, 1.82) is 0 Å². The number of benzene rings is 2. The fraction of sp³-hybridized carbons (Fsp3) is 0.263. The van der Waals surface area contributed by atoms with Crippen LogP contribution < -0.4 is 10.1 Å². The van der Waals surface area contributed by atoms with Gasteiger partial charge in [0.2, 0.25) is 0 Å². The first kappa shape index (κ1) is 17.5. The molecule has 0 unspecified atom stereocenters.